The van der Waals surface area contributed by atoms with Gasteiger partial charge in [-0.1, -0.05) is 40.5 Å². The number of likely N-dealkylation sites (tertiary alicyclic amines) is 1. The van der Waals surface area contributed by atoms with E-state index in [0.717, 1.165) is 13.1 Å². The fraction of sp³-hybridized carbons (Fsp3) is 0.929. The van der Waals surface area contributed by atoms with Crippen LogP contribution in [0.3, 0.4) is 0 Å². The molecule has 0 aliphatic carbocycles. The highest BCUT2D eigenvalue weighted by molar-refractivity contribution is 5.76. The second-order valence-electron chi connectivity index (χ2n) is 6.27. The maximum Gasteiger partial charge on any atom is 0.222 e. The van der Waals surface area contributed by atoms with Crippen LogP contribution < -0.4 is 0 Å². The van der Waals surface area contributed by atoms with Crippen molar-refractivity contribution in [1.29, 1.82) is 0 Å². The van der Waals surface area contributed by atoms with Crippen LogP contribution in [0.25, 0.3) is 0 Å². The molecule has 0 N–H and O–H groups in total. The molecular formula is C14H27NO. The fourth-order valence-electron chi connectivity index (χ4n) is 2.02. The predicted octanol–water partition coefficient (Wildman–Crippen LogP) is 3.46. The molecule has 1 aliphatic heterocycles. The van der Waals surface area contributed by atoms with Gasteiger partial charge in [0.1, 0.15) is 0 Å². The van der Waals surface area contributed by atoms with E-state index in [1.807, 2.05) is 0 Å². The molecule has 1 rings (SSSR count). The van der Waals surface area contributed by atoms with Crippen molar-refractivity contribution < 1.29 is 4.79 Å². The Morgan fingerprint density at radius 1 is 1.12 bits per heavy atom. The lowest BCUT2D eigenvalue weighted by molar-refractivity contribution is -0.132. The summed E-state index contributed by atoms with van der Waals surface area (Å²) in [6.45, 7) is 10.8. The topological polar surface area (TPSA) is 20.3 Å². The normalized spacial score (nSPS) is 20.4. The minimum atomic E-state index is 0.238. The number of rotatable bonds is 2. The van der Waals surface area contributed by atoms with Crippen LogP contribution >= 0.6 is 0 Å². The van der Waals surface area contributed by atoms with Gasteiger partial charge in [-0.3, -0.25) is 4.79 Å². The van der Waals surface area contributed by atoms with Crippen LogP contribution in [0, 0.1) is 11.3 Å². The van der Waals surface area contributed by atoms with Gasteiger partial charge in [0.15, 0.2) is 0 Å². The lowest BCUT2D eigenvalue weighted by Crippen LogP contribution is -2.34. The Labute approximate surface area is 100 Å². The molecule has 2 heteroatoms. The standard InChI is InChI=1S/C14H27NO/c1-12(14(2,3)4)11-13(16)15-9-7-5-6-8-10-15/h12H,5-11H2,1-4H3. The summed E-state index contributed by atoms with van der Waals surface area (Å²) >= 11 is 0. The molecule has 1 amide bonds. The summed E-state index contributed by atoms with van der Waals surface area (Å²) in [6, 6.07) is 0. The van der Waals surface area contributed by atoms with Gasteiger partial charge in [-0.05, 0) is 24.2 Å². The Bertz CT molecular complexity index is 221. The molecule has 1 saturated heterocycles. The van der Waals surface area contributed by atoms with Crippen molar-refractivity contribution in [3.05, 3.63) is 0 Å². The second kappa shape index (κ2) is 5.70. The van der Waals surface area contributed by atoms with E-state index in [1.54, 1.807) is 0 Å². The average Bonchev–Trinajstić information content (AvgIpc) is 2.43. The summed E-state index contributed by atoms with van der Waals surface area (Å²) < 4.78 is 0. The third kappa shape index (κ3) is 4.15. The second-order valence-corrected chi connectivity index (χ2v) is 6.27. The summed E-state index contributed by atoms with van der Waals surface area (Å²) in [7, 11) is 0. The first-order valence-electron chi connectivity index (χ1n) is 6.69. The molecule has 0 aromatic heterocycles. The molecule has 1 heterocycles. The van der Waals surface area contributed by atoms with E-state index in [0.29, 0.717) is 18.2 Å². The third-order valence-electron chi connectivity index (χ3n) is 3.92. The maximum absolute atomic E-state index is 12.1. The molecule has 0 bridgehead atoms. The Balaban J connectivity index is 2.44. The van der Waals surface area contributed by atoms with Gasteiger partial charge in [0.25, 0.3) is 0 Å². The summed E-state index contributed by atoms with van der Waals surface area (Å²) in [6.07, 6.45) is 5.67. The van der Waals surface area contributed by atoms with E-state index in [1.165, 1.54) is 25.7 Å². The van der Waals surface area contributed by atoms with Crippen molar-refractivity contribution in [3.8, 4) is 0 Å². The Kier molecular flexibility index (Phi) is 4.82. The molecule has 94 valence electrons. The molecule has 1 atom stereocenters. The van der Waals surface area contributed by atoms with Crippen molar-refractivity contribution in [1.82, 2.24) is 4.90 Å². The van der Waals surface area contributed by atoms with Gasteiger partial charge < -0.3 is 4.90 Å². The van der Waals surface area contributed by atoms with Crippen molar-refractivity contribution in [2.24, 2.45) is 11.3 Å². The predicted molar refractivity (Wildman–Crippen MR) is 68.3 cm³/mol. The molecule has 1 unspecified atom stereocenters. The lowest BCUT2D eigenvalue weighted by Gasteiger charge is -2.29. The van der Waals surface area contributed by atoms with E-state index in [4.69, 9.17) is 0 Å². The monoisotopic (exact) mass is 225 g/mol. The first-order valence-corrected chi connectivity index (χ1v) is 6.69. The maximum atomic E-state index is 12.1. The molecule has 0 spiro atoms. The zero-order valence-electron chi connectivity index (χ0n) is 11.4. The Morgan fingerprint density at radius 3 is 2.06 bits per heavy atom. The molecular weight excluding hydrogens is 198 g/mol. The lowest BCUT2D eigenvalue weighted by atomic mass is 9.80. The van der Waals surface area contributed by atoms with E-state index in [-0.39, 0.29) is 5.41 Å². The van der Waals surface area contributed by atoms with Gasteiger partial charge in [0.05, 0.1) is 0 Å². The Hall–Kier alpha value is -0.530. The number of nitrogens with zero attached hydrogens (tertiary/aromatic N) is 1. The largest absolute Gasteiger partial charge is 0.343 e. The minimum Gasteiger partial charge on any atom is -0.343 e. The summed E-state index contributed by atoms with van der Waals surface area (Å²) in [5.74, 6) is 0.826. The smallest absolute Gasteiger partial charge is 0.222 e. The number of hydrogen-bond acceptors (Lipinski definition) is 1. The molecule has 0 radical (unpaired) electrons. The molecule has 0 aromatic rings. The Morgan fingerprint density at radius 2 is 1.62 bits per heavy atom. The van der Waals surface area contributed by atoms with Crippen LogP contribution in [-0.4, -0.2) is 23.9 Å². The van der Waals surface area contributed by atoms with E-state index in [9.17, 15) is 4.79 Å². The van der Waals surface area contributed by atoms with Gasteiger partial charge in [-0.25, -0.2) is 0 Å². The number of amides is 1. The SMILES string of the molecule is CC(CC(=O)N1CCCCCC1)C(C)(C)C. The molecule has 0 saturated carbocycles. The first kappa shape index (κ1) is 13.5. The first-order chi connectivity index (χ1) is 7.41. The quantitative estimate of drug-likeness (QED) is 0.704. The van der Waals surface area contributed by atoms with Crippen LogP contribution in [0.2, 0.25) is 0 Å². The van der Waals surface area contributed by atoms with E-state index in [2.05, 4.69) is 32.6 Å². The molecule has 0 aromatic carbocycles. The molecule has 2 nitrogen and oxygen atoms in total. The highest BCUT2D eigenvalue weighted by Crippen LogP contribution is 2.28. The zero-order chi connectivity index (χ0) is 12.2. The molecule has 16 heavy (non-hydrogen) atoms. The van der Waals surface area contributed by atoms with E-state index < -0.39 is 0 Å². The van der Waals surface area contributed by atoms with Gasteiger partial charge in [0.2, 0.25) is 5.91 Å². The number of carbonyl (C=O) groups excluding carboxylic acids is 1. The zero-order valence-corrected chi connectivity index (χ0v) is 11.4. The molecule has 1 aliphatic rings. The average molecular weight is 225 g/mol. The van der Waals surface area contributed by atoms with E-state index >= 15 is 0 Å². The summed E-state index contributed by atoms with van der Waals surface area (Å²) in [4.78, 5) is 14.2. The van der Waals surface area contributed by atoms with Crippen molar-refractivity contribution in [2.45, 2.75) is 59.8 Å². The van der Waals surface area contributed by atoms with Crippen LogP contribution in [0.4, 0.5) is 0 Å². The van der Waals surface area contributed by atoms with Crippen molar-refractivity contribution in [3.63, 3.8) is 0 Å². The molecule has 1 fully saturated rings. The third-order valence-corrected chi connectivity index (χ3v) is 3.92. The van der Waals surface area contributed by atoms with Gasteiger partial charge >= 0.3 is 0 Å². The van der Waals surface area contributed by atoms with Gasteiger partial charge in [-0.15, -0.1) is 0 Å². The fourth-order valence-corrected chi connectivity index (χ4v) is 2.02. The van der Waals surface area contributed by atoms with Crippen LogP contribution in [0.5, 0.6) is 0 Å². The highest BCUT2D eigenvalue weighted by atomic mass is 16.2. The van der Waals surface area contributed by atoms with Crippen molar-refractivity contribution >= 4 is 5.91 Å². The van der Waals surface area contributed by atoms with Crippen LogP contribution in [-0.2, 0) is 4.79 Å². The van der Waals surface area contributed by atoms with Gasteiger partial charge in [0, 0.05) is 19.5 Å². The van der Waals surface area contributed by atoms with Crippen LogP contribution in [0.1, 0.15) is 59.8 Å². The minimum absolute atomic E-state index is 0.238. The van der Waals surface area contributed by atoms with Crippen LogP contribution in [0.15, 0.2) is 0 Å². The van der Waals surface area contributed by atoms with Gasteiger partial charge in [-0.2, -0.15) is 0 Å². The highest BCUT2D eigenvalue weighted by Gasteiger charge is 2.25. The summed E-state index contributed by atoms with van der Waals surface area (Å²) in [5.41, 5.74) is 0.238. The van der Waals surface area contributed by atoms with Crippen molar-refractivity contribution in [2.75, 3.05) is 13.1 Å². The number of hydrogen-bond donors (Lipinski definition) is 0. The summed E-state index contributed by atoms with van der Waals surface area (Å²) in [5, 5.41) is 0. The number of carbonyl (C=O) groups is 1.